The first kappa shape index (κ1) is 17.1. The van der Waals surface area contributed by atoms with Gasteiger partial charge in [-0.15, -0.1) is 0 Å². The Morgan fingerprint density at radius 2 is 2.05 bits per heavy atom. The average Bonchev–Trinajstić information content (AvgIpc) is 2.95. The number of rotatable bonds is 6. The van der Waals surface area contributed by atoms with Crippen molar-refractivity contribution in [3.05, 3.63) is 23.2 Å². The molecule has 0 saturated heterocycles. The standard InChI is InChI=1S/C14H18ClNO5S/c1-21-12-5-4-10(8-11(12)15)22(19,20)16-9-14(13(17)18)6-2-3-7-14/h4-5,8,16H,2-3,6-7,9H2,1H3,(H,17,18). The highest BCUT2D eigenvalue weighted by molar-refractivity contribution is 7.89. The fraction of sp³-hybridized carbons (Fsp3) is 0.500. The highest BCUT2D eigenvalue weighted by Gasteiger charge is 2.42. The number of methoxy groups -OCH3 is 1. The van der Waals surface area contributed by atoms with Crippen LogP contribution in [-0.2, 0) is 14.8 Å². The summed E-state index contributed by atoms with van der Waals surface area (Å²) < 4.78 is 32.0. The SMILES string of the molecule is COc1ccc(S(=O)(=O)NCC2(C(=O)O)CCCC2)cc1Cl. The topological polar surface area (TPSA) is 92.7 Å². The Morgan fingerprint density at radius 3 is 2.55 bits per heavy atom. The van der Waals surface area contributed by atoms with Crippen molar-refractivity contribution in [3.63, 3.8) is 0 Å². The lowest BCUT2D eigenvalue weighted by atomic mass is 9.87. The molecule has 0 aromatic heterocycles. The van der Waals surface area contributed by atoms with Gasteiger partial charge >= 0.3 is 5.97 Å². The van der Waals surface area contributed by atoms with Crippen LogP contribution in [0, 0.1) is 5.41 Å². The third kappa shape index (κ3) is 3.37. The molecule has 2 rings (SSSR count). The summed E-state index contributed by atoms with van der Waals surface area (Å²) in [7, 11) is -2.39. The molecule has 1 saturated carbocycles. The minimum atomic E-state index is -3.82. The van der Waals surface area contributed by atoms with E-state index in [2.05, 4.69) is 4.72 Å². The highest BCUT2D eigenvalue weighted by Crippen LogP contribution is 2.38. The van der Waals surface area contributed by atoms with Gasteiger partial charge in [-0.3, -0.25) is 4.79 Å². The maximum Gasteiger partial charge on any atom is 0.310 e. The Morgan fingerprint density at radius 1 is 1.41 bits per heavy atom. The second-order valence-electron chi connectivity index (χ2n) is 5.41. The van der Waals surface area contributed by atoms with Gasteiger partial charge in [0.1, 0.15) is 5.75 Å². The minimum Gasteiger partial charge on any atom is -0.495 e. The van der Waals surface area contributed by atoms with E-state index >= 15 is 0 Å². The van der Waals surface area contributed by atoms with E-state index < -0.39 is 21.4 Å². The number of aliphatic carboxylic acids is 1. The van der Waals surface area contributed by atoms with Crippen LogP contribution >= 0.6 is 11.6 Å². The number of hydrogen-bond acceptors (Lipinski definition) is 4. The van der Waals surface area contributed by atoms with E-state index in [0.29, 0.717) is 18.6 Å². The third-order valence-electron chi connectivity index (χ3n) is 4.05. The maximum absolute atomic E-state index is 12.3. The molecule has 8 heteroatoms. The maximum atomic E-state index is 12.3. The van der Waals surface area contributed by atoms with Gasteiger partial charge in [-0.05, 0) is 31.0 Å². The Bertz CT molecular complexity index is 668. The predicted molar refractivity (Wildman–Crippen MR) is 81.7 cm³/mol. The molecule has 22 heavy (non-hydrogen) atoms. The highest BCUT2D eigenvalue weighted by atomic mass is 35.5. The number of carboxylic acid groups (broad SMARTS) is 1. The number of hydrogen-bond donors (Lipinski definition) is 2. The fourth-order valence-corrected chi connectivity index (χ4v) is 4.12. The van der Waals surface area contributed by atoms with E-state index in [0.717, 1.165) is 12.8 Å². The summed E-state index contributed by atoms with van der Waals surface area (Å²) in [4.78, 5) is 11.4. The minimum absolute atomic E-state index is 0.0168. The molecule has 1 aliphatic rings. The normalized spacial score (nSPS) is 17.4. The molecule has 0 amide bonds. The molecule has 1 aliphatic carbocycles. The molecular weight excluding hydrogens is 330 g/mol. The molecule has 0 atom stereocenters. The zero-order valence-electron chi connectivity index (χ0n) is 12.1. The molecule has 1 aromatic rings. The lowest BCUT2D eigenvalue weighted by Gasteiger charge is -2.23. The monoisotopic (exact) mass is 347 g/mol. The predicted octanol–water partition coefficient (Wildman–Crippen LogP) is 2.27. The van der Waals surface area contributed by atoms with Gasteiger partial charge in [-0.2, -0.15) is 0 Å². The van der Waals surface area contributed by atoms with Gasteiger partial charge < -0.3 is 9.84 Å². The smallest absolute Gasteiger partial charge is 0.310 e. The van der Waals surface area contributed by atoms with Crippen molar-refractivity contribution in [2.75, 3.05) is 13.7 Å². The summed E-state index contributed by atoms with van der Waals surface area (Å²) in [6.07, 6.45) is 2.55. The lowest BCUT2D eigenvalue weighted by Crippen LogP contribution is -2.41. The quantitative estimate of drug-likeness (QED) is 0.823. The molecular formula is C14H18ClNO5S. The van der Waals surface area contributed by atoms with Crippen LogP contribution in [0.1, 0.15) is 25.7 Å². The van der Waals surface area contributed by atoms with Crippen molar-refractivity contribution >= 4 is 27.6 Å². The summed E-state index contributed by atoms with van der Waals surface area (Å²) >= 11 is 5.93. The van der Waals surface area contributed by atoms with Crippen molar-refractivity contribution < 1.29 is 23.1 Å². The molecule has 1 aromatic carbocycles. The number of ether oxygens (including phenoxy) is 1. The molecule has 0 radical (unpaired) electrons. The van der Waals surface area contributed by atoms with Crippen molar-refractivity contribution in [1.29, 1.82) is 0 Å². The number of carbonyl (C=O) groups is 1. The van der Waals surface area contributed by atoms with Crippen LogP contribution in [0.25, 0.3) is 0 Å². The van der Waals surface area contributed by atoms with Crippen LogP contribution in [0.15, 0.2) is 23.1 Å². The van der Waals surface area contributed by atoms with Crippen LogP contribution in [0.4, 0.5) is 0 Å². The van der Waals surface area contributed by atoms with Gasteiger partial charge in [0.05, 0.1) is 22.4 Å². The van der Waals surface area contributed by atoms with Crippen molar-refractivity contribution in [3.8, 4) is 5.75 Å². The van der Waals surface area contributed by atoms with E-state index in [1.54, 1.807) is 0 Å². The van der Waals surface area contributed by atoms with Gasteiger partial charge in [0, 0.05) is 6.54 Å². The Balaban J connectivity index is 2.17. The van der Waals surface area contributed by atoms with Gasteiger partial charge in [0.2, 0.25) is 10.0 Å². The molecule has 122 valence electrons. The summed E-state index contributed by atoms with van der Waals surface area (Å²) in [6, 6.07) is 4.11. The summed E-state index contributed by atoms with van der Waals surface area (Å²) in [5.74, 6) is -0.584. The summed E-state index contributed by atoms with van der Waals surface area (Å²) in [5, 5.41) is 9.55. The van der Waals surface area contributed by atoms with Crippen molar-refractivity contribution in [2.45, 2.75) is 30.6 Å². The number of nitrogens with one attached hydrogen (secondary N) is 1. The van der Waals surface area contributed by atoms with E-state index in [9.17, 15) is 18.3 Å². The van der Waals surface area contributed by atoms with Gasteiger partial charge in [0.25, 0.3) is 0 Å². The largest absolute Gasteiger partial charge is 0.495 e. The van der Waals surface area contributed by atoms with Crippen LogP contribution < -0.4 is 9.46 Å². The van der Waals surface area contributed by atoms with Crippen molar-refractivity contribution in [2.24, 2.45) is 5.41 Å². The molecule has 1 fully saturated rings. The van der Waals surface area contributed by atoms with Crippen molar-refractivity contribution in [1.82, 2.24) is 4.72 Å². The van der Waals surface area contributed by atoms with E-state index in [1.165, 1.54) is 25.3 Å². The van der Waals surface area contributed by atoms with Crippen LogP contribution in [0.5, 0.6) is 5.75 Å². The first-order chi connectivity index (χ1) is 10.3. The zero-order valence-corrected chi connectivity index (χ0v) is 13.7. The summed E-state index contributed by atoms with van der Waals surface area (Å²) in [5.41, 5.74) is -1.01. The number of halogens is 1. The summed E-state index contributed by atoms with van der Waals surface area (Å²) in [6.45, 7) is -0.117. The van der Waals surface area contributed by atoms with Gasteiger partial charge in [-0.25, -0.2) is 13.1 Å². The average molecular weight is 348 g/mol. The number of benzene rings is 1. The molecule has 0 heterocycles. The second kappa shape index (κ2) is 6.44. The van der Waals surface area contributed by atoms with Crippen LogP contribution in [0.2, 0.25) is 5.02 Å². The Hall–Kier alpha value is -1.31. The van der Waals surface area contributed by atoms with E-state index in [-0.39, 0.29) is 16.5 Å². The molecule has 0 bridgehead atoms. The molecule has 2 N–H and O–H groups in total. The van der Waals surface area contributed by atoms with Crippen LogP contribution in [-0.4, -0.2) is 33.1 Å². The molecule has 0 spiro atoms. The van der Waals surface area contributed by atoms with E-state index in [4.69, 9.17) is 16.3 Å². The van der Waals surface area contributed by atoms with Gasteiger partial charge in [0.15, 0.2) is 0 Å². The number of carboxylic acids is 1. The molecule has 0 unspecified atom stereocenters. The second-order valence-corrected chi connectivity index (χ2v) is 7.59. The van der Waals surface area contributed by atoms with Gasteiger partial charge in [-0.1, -0.05) is 24.4 Å². The molecule has 6 nitrogen and oxygen atoms in total. The van der Waals surface area contributed by atoms with E-state index in [1.807, 2.05) is 0 Å². The third-order valence-corrected chi connectivity index (χ3v) is 5.74. The lowest BCUT2D eigenvalue weighted by molar-refractivity contribution is -0.148. The Labute approximate surface area is 134 Å². The first-order valence-electron chi connectivity index (χ1n) is 6.87. The molecule has 0 aliphatic heterocycles. The first-order valence-corrected chi connectivity index (χ1v) is 8.73. The zero-order chi connectivity index (χ0) is 16.4. The van der Waals surface area contributed by atoms with Crippen LogP contribution in [0.3, 0.4) is 0 Å². The Kier molecular flexibility index (Phi) is 4.99. The fourth-order valence-electron chi connectivity index (χ4n) is 2.65. The number of sulfonamides is 1.